The Bertz CT molecular complexity index is 976. The van der Waals surface area contributed by atoms with E-state index < -0.39 is 85.5 Å². The maximum absolute atomic E-state index is 12.7. The van der Waals surface area contributed by atoms with Crippen molar-refractivity contribution in [1.82, 2.24) is 0 Å². The lowest BCUT2D eigenvalue weighted by Crippen LogP contribution is -2.59. The molecule has 4 fully saturated rings. The first-order valence-corrected chi connectivity index (χ1v) is 13.0. The van der Waals surface area contributed by atoms with Gasteiger partial charge in [-0.15, -0.1) is 0 Å². The molecule has 0 aromatic rings. The monoisotopic (exact) mass is 538 g/mol. The molecule has 11 nitrogen and oxygen atoms in total. The Morgan fingerprint density at radius 2 is 1.82 bits per heavy atom. The third kappa shape index (κ3) is 4.97. The van der Waals surface area contributed by atoms with Crippen LogP contribution < -0.4 is 0 Å². The van der Waals surface area contributed by atoms with Crippen LogP contribution in [0, 0.1) is 23.7 Å². The quantitative estimate of drug-likeness (QED) is 0.164. The Morgan fingerprint density at radius 3 is 2.45 bits per heavy atom. The van der Waals surface area contributed by atoms with Crippen LogP contribution in [0.1, 0.15) is 33.1 Å². The van der Waals surface area contributed by atoms with Crippen molar-refractivity contribution in [3.63, 3.8) is 0 Å². The third-order valence-electron chi connectivity index (χ3n) is 8.59. The fraction of sp³-hybridized carbons (Fsp3) is 0.704. The van der Waals surface area contributed by atoms with Crippen molar-refractivity contribution in [2.75, 3.05) is 6.61 Å². The second-order valence-electron chi connectivity index (χ2n) is 10.9. The lowest BCUT2D eigenvalue weighted by Gasteiger charge is -2.40. The molecule has 4 aliphatic rings. The molecule has 2 heterocycles. The number of fused-ring (bicyclic) bond motifs is 3. The van der Waals surface area contributed by atoms with E-state index in [4.69, 9.17) is 18.9 Å². The van der Waals surface area contributed by atoms with Crippen LogP contribution in [0.15, 0.2) is 36.5 Å². The fourth-order valence-corrected chi connectivity index (χ4v) is 6.01. The van der Waals surface area contributed by atoms with Crippen LogP contribution >= 0.6 is 0 Å². The maximum atomic E-state index is 12.7. The lowest BCUT2D eigenvalue weighted by molar-refractivity contribution is -0.308. The molecular weight excluding hydrogens is 500 g/mol. The second-order valence-corrected chi connectivity index (χ2v) is 10.9. The topological polar surface area (TPSA) is 172 Å². The summed E-state index contributed by atoms with van der Waals surface area (Å²) in [6.45, 7) is 15.3. The summed E-state index contributed by atoms with van der Waals surface area (Å²) < 4.78 is 23.0. The third-order valence-corrected chi connectivity index (χ3v) is 8.59. The summed E-state index contributed by atoms with van der Waals surface area (Å²) in [6.07, 6.45) is -9.64. The number of ether oxygens (including phenoxy) is 4. The van der Waals surface area contributed by atoms with Gasteiger partial charge < -0.3 is 44.5 Å². The van der Waals surface area contributed by atoms with Gasteiger partial charge in [-0.1, -0.05) is 45.6 Å². The average molecular weight is 539 g/mol. The van der Waals surface area contributed by atoms with Gasteiger partial charge in [0.05, 0.1) is 18.6 Å². The van der Waals surface area contributed by atoms with Crippen molar-refractivity contribution in [2.45, 2.75) is 88.2 Å². The highest BCUT2D eigenvalue weighted by Crippen LogP contribution is 2.53. The van der Waals surface area contributed by atoms with Crippen molar-refractivity contribution in [3.8, 4) is 0 Å². The highest BCUT2D eigenvalue weighted by atomic mass is 16.7. The molecule has 0 amide bonds. The number of hydrogen-bond donors (Lipinski definition) is 5. The number of rotatable bonds is 7. The van der Waals surface area contributed by atoms with Gasteiger partial charge in [0.1, 0.15) is 36.6 Å². The molecule has 13 unspecified atom stereocenters. The number of carbonyl (C=O) groups is 2. The molecule has 2 aliphatic heterocycles. The summed E-state index contributed by atoms with van der Waals surface area (Å²) in [5, 5.41) is 50.5. The van der Waals surface area contributed by atoms with Crippen LogP contribution in [-0.2, 0) is 28.5 Å². The minimum absolute atomic E-state index is 0.158. The molecule has 2 aliphatic carbocycles. The van der Waals surface area contributed by atoms with E-state index in [0.717, 1.165) is 0 Å². The zero-order chi connectivity index (χ0) is 28.0. The van der Waals surface area contributed by atoms with Crippen LogP contribution in [0.3, 0.4) is 0 Å². The van der Waals surface area contributed by atoms with Gasteiger partial charge in [-0.2, -0.15) is 0 Å². The van der Waals surface area contributed by atoms with E-state index in [2.05, 4.69) is 19.7 Å². The largest absolute Gasteiger partial charge is 0.459 e. The average Bonchev–Trinajstić information content (AvgIpc) is 3.33. The normalized spacial score (nSPS) is 42.7. The van der Waals surface area contributed by atoms with Gasteiger partial charge in [0.2, 0.25) is 0 Å². The fourth-order valence-electron chi connectivity index (χ4n) is 6.01. The zero-order valence-electron chi connectivity index (χ0n) is 21.6. The molecule has 0 bridgehead atoms. The SMILES string of the molecule is C=C1CC(OC(=O)C(O)C(C)CC)C2C(=C)C(=O)OC2C2C(=C)C(OC3OC(CO)C(O)C(O)C3O)CC12. The molecule has 4 rings (SSSR count). The number of esters is 2. The Hall–Kier alpha value is -2.12. The molecule has 212 valence electrons. The minimum Gasteiger partial charge on any atom is -0.459 e. The molecule has 2 saturated carbocycles. The van der Waals surface area contributed by atoms with Crippen LogP contribution in [0.2, 0.25) is 0 Å². The predicted molar refractivity (Wildman–Crippen MR) is 131 cm³/mol. The lowest BCUT2D eigenvalue weighted by atomic mass is 9.81. The summed E-state index contributed by atoms with van der Waals surface area (Å²) in [5.74, 6) is -3.14. The van der Waals surface area contributed by atoms with Gasteiger partial charge in [-0.25, -0.2) is 9.59 Å². The Labute approximate surface area is 221 Å². The molecule has 11 heteroatoms. The minimum atomic E-state index is -1.59. The van der Waals surface area contributed by atoms with Gasteiger partial charge in [0.25, 0.3) is 0 Å². The van der Waals surface area contributed by atoms with Crippen LogP contribution in [0.5, 0.6) is 0 Å². The van der Waals surface area contributed by atoms with E-state index in [0.29, 0.717) is 24.0 Å². The van der Waals surface area contributed by atoms with E-state index >= 15 is 0 Å². The van der Waals surface area contributed by atoms with E-state index in [1.807, 2.05) is 6.92 Å². The molecule has 13 atom stereocenters. The Kier molecular flexibility index (Phi) is 8.49. The first kappa shape index (κ1) is 28.9. The second kappa shape index (κ2) is 11.2. The standard InChI is InChI=1S/C27H38O11/c1-6-10(2)20(29)26(34)35-16-7-11(3)14-8-15(12(4)18(14)24-19(16)13(5)25(33)38-24)36-27-23(32)22(31)21(30)17(9-28)37-27/h10,14-24,27-32H,3-9H2,1-2H3. The Morgan fingerprint density at radius 1 is 1.13 bits per heavy atom. The van der Waals surface area contributed by atoms with Gasteiger partial charge in [0, 0.05) is 17.9 Å². The first-order chi connectivity index (χ1) is 17.9. The summed E-state index contributed by atoms with van der Waals surface area (Å²) >= 11 is 0. The maximum Gasteiger partial charge on any atom is 0.335 e. The summed E-state index contributed by atoms with van der Waals surface area (Å²) in [6, 6.07) is 0. The van der Waals surface area contributed by atoms with Crippen LogP contribution in [0.25, 0.3) is 0 Å². The summed E-state index contributed by atoms with van der Waals surface area (Å²) in [7, 11) is 0. The van der Waals surface area contributed by atoms with Gasteiger partial charge in [0.15, 0.2) is 12.4 Å². The first-order valence-electron chi connectivity index (χ1n) is 13.0. The van der Waals surface area contributed by atoms with Gasteiger partial charge >= 0.3 is 11.9 Å². The number of carbonyl (C=O) groups excluding carboxylic acids is 2. The predicted octanol–water partition coefficient (Wildman–Crippen LogP) is -0.260. The molecule has 38 heavy (non-hydrogen) atoms. The molecule has 5 N–H and O–H groups in total. The van der Waals surface area contributed by atoms with E-state index in [9.17, 15) is 35.1 Å². The zero-order valence-corrected chi connectivity index (χ0v) is 21.6. The van der Waals surface area contributed by atoms with Crippen LogP contribution in [-0.4, -0.2) is 99.2 Å². The molecule has 0 aromatic heterocycles. The Balaban J connectivity index is 1.55. The van der Waals surface area contributed by atoms with Crippen molar-refractivity contribution >= 4 is 11.9 Å². The van der Waals surface area contributed by atoms with Crippen molar-refractivity contribution < 1.29 is 54.1 Å². The van der Waals surface area contributed by atoms with Crippen molar-refractivity contribution in [2.24, 2.45) is 23.7 Å². The van der Waals surface area contributed by atoms with E-state index in [1.54, 1.807) is 6.92 Å². The number of hydrogen-bond acceptors (Lipinski definition) is 11. The highest BCUT2D eigenvalue weighted by molar-refractivity contribution is 5.91. The summed E-state index contributed by atoms with van der Waals surface area (Å²) in [5.41, 5.74) is 1.41. The van der Waals surface area contributed by atoms with Crippen LogP contribution in [0.4, 0.5) is 0 Å². The van der Waals surface area contributed by atoms with Gasteiger partial charge in [-0.05, 0) is 23.8 Å². The molecule has 0 aromatic carbocycles. The smallest absolute Gasteiger partial charge is 0.335 e. The highest BCUT2D eigenvalue weighted by Gasteiger charge is 2.58. The van der Waals surface area contributed by atoms with Crippen molar-refractivity contribution in [1.29, 1.82) is 0 Å². The molecule has 2 saturated heterocycles. The summed E-state index contributed by atoms with van der Waals surface area (Å²) in [4.78, 5) is 25.3. The van der Waals surface area contributed by atoms with Crippen molar-refractivity contribution in [3.05, 3.63) is 36.5 Å². The number of aliphatic hydroxyl groups excluding tert-OH is 5. The molecule has 0 spiro atoms. The van der Waals surface area contributed by atoms with E-state index in [1.165, 1.54) is 0 Å². The van der Waals surface area contributed by atoms with Gasteiger partial charge in [-0.3, -0.25) is 0 Å². The number of aliphatic hydroxyl groups is 5. The molecular formula is C27H38O11. The van der Waals surface area contributed by atoms with E-state index in [-0.39, 0.29) is 23.8 Å². The molecule has 0 radical (unpaired) electrons.